The molecule has 1 N–H and O–H groups in total. The minimum atomic E-state index is -0.107. The molecule has 1 atom stereocenters. The van der Waals surface area contributed by atoms with Gasteiger partial charge in [0.15, 0.2) is 11.5 Å². The van der Waals surface area contributed by atoms with E-state index in [-0.39, 0.29) is 11.9 Å². The summed E-state index contributed by atoms with van der Waals surface area (Å²) < 4.78 is 10.3. The lowest BCUT2D eigenvalue weighted by Gasteiger charge is -2.13. The molecule has 0 saturated heterocycles. The maximum absolute atomic E-state index is 12.0. The van der Waals surface area contributed by atoms with E-state index in [0.717, 1.165) is 11.8 Å². The Morgan fingerprint density at radius 1 is 1.33 bits per heavy atom. The van der Waals surface area contributed by atoms with Gasteiger partial charge in [-0.1, -0.05) is 15.9 Å². The van der Waals surface area contributed by atoms with E-state index in [1.807, 2.05) is 6.92 Å². The molecule has 0 spiro atoms. The molecular formula is C13H18BrNO3. The predicted molar refractivity (Wildman–Crippen MR) is 74.9 cm³/mol. The summed E-state index contributed by atoms with van der Waals surface area (Å²) >= 11 is 3.35. The van der Waals surface area contributed by atoms with Gasteiger partial charge in [-0.25, -0.2) is 0 Å². The predicted octanol–water partition coefficient (Wildman–Crippen LogP) is 2.61. The fraction of sp³-hybridized carbons (Fsp3) is 0.462. The van der Waals surface area contributed by atoms with Gasteiger partial charge in [0.1, 0.15) is 0 Å². The summed E-state index contributed by atoms with van der Waals surface area (Å²) in [5, 5.41) is 3.78. The fourth-order valence-electron chi connectivity index (χ4n) is 1.52. The largest absolute Gasteiger partial charge is 0.493 e. The van der Waals surface area contributed by atoms with Crippen LogP contribution in [-0.4, -0.2) is 31.5 Å². The number of hydrogen-bond acceptors (Lipinski definition) is 3. The van der Waals surface area contributed by atoms with Gasteiger partial charge in [-0.2, -0.15) is 0 Å². The molecule has 1 aromatic rings. The van der Waals surface area contributed by atoms with Crippen LogP contribution in [0.5, 0.6) is 11.5 Å². The Kier molecular flexibility index (Phi) is 5.98. The molecule has 0 aliphatic rings. The number of amides is 1. The molecule has 0 aliphatic heterocycles. The second-order valence-electron chi connectivity index (χ2n) is 3.92. The molecule has 0 fully saturated rings. The zero-order valence-corrected chi connectivity index (χ0v) is 12.4. The van der Waals surface area contributed by atoms with Gasteiger partial charge in [-0.05, 0) is 31.5 Å². The Labute approximate surface area is 116 Å². The monoisotopic (exact) mass is 315 g/mol. The Morgan fingerprint density at radius 3 is 2.56 bits per heavy atom. The summed E-state index contributed by atoms with van der Waals surface area (Å²) in [6.07, 6.45) is 0.888. The highest BCUT2D eigenvalue weighted by Gasteiger charge is 2.12. The minimum Gasteiger partial charge on any atom is -0.493 e. The van der Waals surface area contributed by atoms with Crippen molar-refractivity contribution in [3.63, 3.8) is 0 Å². The fourth-order valence-corrected chi connectivity index (χ4v) is 2.21. The Morgan fingerprint density at radius 2 is 2.00 bits per heavy atom. The van der Waals surface area contributed by atoms with E-state index < -0.39 is 0 Å². The second-order valence-corrected chi connectivity index (χ2v) is 4.71. The molecule has 0 aromatic heterocycles. The van der Waals surface area contributed by atoms with Gasteiger partial charge in [0, 0.05) is 16.9 Å². The molecule has 0 saturated carbocycles. The van der Waals surface area contributed by atoms with E-state index in [9.17, 15) is 4.79 Å². The smallest absolute Gasteiger partial charge is 0.251 e. The molecule has 0 aliphatic carbocycles. The highest BCUT2D eigenvalue weighted by molar-refractivity contribution is 9.09. The molecular weight excluding hydrogens is 298 g/mol. The molecule has 1 unspecified atom stereocenters. The molecule has 1 amide bonds. The second kappa shape index (κ2) is 7.26. The van der Waals surface area contributed by atoms with Crippen LogP contribution in [0.1, 0.15) is 23.7 Å². The van der Waals surface area contributed by atoms with Gasteiger partial charge in [0.05, 0.1) is 14.2 Å². The van der Waals surface area contributed by atoms with Crippen LogP contribution in [0, 0.1) is 0 Å². The van der Waals surface area contributed by atoms with Crippen LogP contribution in [0.2, 0.25) is 0 Å². The SMILES string of the molecule is COc1ccc(C(=O)NC(C)CCBr)cc1OC. The van der Waals surface area contributed by atoms with Crippen LogP contribution >= 0.6 is 15.9 Å². The standard InChI is InChI=1S/C13H18BrNO3/c1-9(6-7-14)15-13(16)10-4-5-11(17-2)12(8-10)18-3/h4-5,8-9H,6-7H2,1-3H3,(H,15,16). The van der Waals surface area contributed by atoms with Crippen LogP contribution in [0.4, 0.5) is 0 Å². The van der Waals surface area contributed by atoms with E-state index in [1.165, 1.54) is 0 Å². The van der Waals surface area contributed by atoms with Crippen molar-refractivity contribution in [2.45, 2.75) is 19.4 Å². The summed E-state index contributed by atoms with van der Waals surface area (Å²) in [6.45, 7) is 1.97. The average Bonchev–Trinajstić information content (AvgIpc) is 2.38. The van der Waals surface area contributed by atoms with E-state index in [2.05, 4.69) is 21.2 Å². The number of alkyl halides is 1. The zero-order valence-electron chi connectivity index (χ0n) is 10.8. The molecule has 0 radical (unpaired) electrons. The first-order chi connectivity index (χ1) is 8.62. The van der Waals surface area contributed by atoms with Crippen molar-refractivity contribution in [1.82, 2.24) is 5.32 Å². The third-order valence-corrected chi connectivity index (χ3v) is 3.02. The maximum Gasteiger partial charge on any atom is 0.251 e. The minimum absolute atomic E-state index is 0.107. The molecule has 0 heterocycles. The quantitative estimate of drug-likeness (QED) is 0.821. The van der Waals surface area contributed by atoms with Crippen LogP contribution in [0.15, 0.2) is 18.2 Å². The zero-order chi connectivity index (χ0) is 13.5. The van der Waals surface area contributed by atoms with Crippen LogP contribution < -0.4 is 14.8 Å². The Balaban J connectivity index is 2.80. The van der Waals surface area contributed by atoms with Gasteiger partial charge in [-0.15, -0.1) is 0 Å². The van der Waals surface area contributed by atoms with Gasteiger partial charge >= 0.3 is 0 Å². The molecule has 1 rings (SSSR count). The first-order valence-corrected chi connectivity index (χ1v) is 6.83. The average molecular weight is 316 g/mol. The Bertz CT molecular complexity index is 409. The van der Waals surface area contributed by atoms with Crippen molar-refractivity contribution in [2.24, 2.45) is 0 Å². The number of rotatable bonds is 6. The number of ether oxygens (including phenoxy) is 2. The highest BCUT2D eigenvalue weighted by atomic mass is 79.9. The van der Waals surface area contributed by atoms with Crippen molar-refractivity contribution in [3.05, 3.63) is 23.8 Å². The molecule has 0 bridgehead atoms. The molecule has 5 heteroatoms. The van der Waals surface area contributed by atoms with Crippen molar-refractivity contribution in [3.8, 4) is 11.5 Å². The summed E-state index contributed by atoms with van der Waals surface area (Å²) in [7, 11) is 3.11. The van der Waals surface area contributed by atoms with Crippen molar-refractivity contribution < 1.29 is 14.3 Å². The number of methoxy groups -OCH3 is 2. The topological polar surface area (TPSA) is 47.6 Å². The normalized spacial score (nSPS) is 11.8. The Hall–Kier alpha value is -1.23. The van der Waals surface area contributed by atoms with Crippen LogP contribution in [0.3, 0.4) is 0 Å². The first-order valence-electron chi connectivity index (χ1n) is 5.71. The summed E-state index contributed by atoms with van der Waals surface area (Å²) in [4.78, 5) is 12.0. The molecule has 1 aromatic carbocycles. The van der Waals surface area contributed by atoms with E-state index in [0.29, 0.717) is 17.1 Å². The third-order valence-electron chi connectivity index (χ3n) is 2.57. The maximum atomic E-state index is 12.0. The van der Waals surface area contributed by atoms with Crippen molar-refractivity contribution in [1.29, 1.82) is 0 Å². The number of carbonyl (C=O) groups is 1. The summed E-state index contributed by atoms with van der Waals surface area (Å²) in [6, 6.07) is 5.25. The molecule has 18 heavy (non-hydrogen) atoms. The number of nitrogens with one attached hydrogen (secondary N) is 1. The van der Waals surface area contributed by atoms with Crippen LogP contribution in [0.25, 0.3) is 0 Å². The lowest BCUT2D eigenvalue weighted by Crippen LogP contribution is -2.32. The third kappa shape index (κ3) is 3.91. The van der Waals surface area contributed by atoms with Gasteiger partial charge < -0.3 is 14.8 Å². The van der Waals surface area contributed by atoms with E-state index >= 15 is 0 Å². The lowest BCUT2D eigenvalue weighted by molar-refractivity contribution is 0.0939. The lowest BCUT2D eigenvalue weighted by atomic mass is 10.1. The summed E-state index contributed by atoms with van der Waals surface area (Å²) in [5.41, 5.74) is 0.564. The van der Waals surface area contributed by atoms with Crippen LogP contribution in [-0.2, 0) is 0 Å². The van der Waals surface area contributed by atoms with E-state index in [1.54, 1.807) is 32.4 Å². The number of hydrogen-bond donors (Lipinski definition) is 1. The van der Waals surface area contributed by atoms with Gasteiger partial charge in [0.25, 0.3) is 5.91 Å². The number of carbonyl (C=O) groups excluding carboxylic acids is 1. The molecule has 100 valence electrons. The van der Waals surface area contributed by atoms with Crippen molar-refractivity contribution in [2.75, 3.05) is 19.5 Å². The molecule has 4 nitrogen and oxygen atoms in total. The first kappa shape index (κ1) is 14.8. The number of halogens is 1. The summed E-state index contributed by atoms with van der Waals surface area (Å²) in [5.74, 6) is 1.06. The van der Waals surface area contributed by atoms with Gasteiger partial charge in [-0.3, -0.25) is 4.79 Å². The van der Waals surface area contributed by atoms with Crippen molar-refractivity contribution >= 4 is 21.8 Å². The van der Waals surface area contributed by atoms with E-state index in [4.69, 9.17) is 9.47 Å². The number of benzene rings is 1. The van der Waals surface area contributed by atoms with Gasteiger partial charge in [0.2, 0.25) is 0 Å². The highest BCUT2D eigenvalue weighted by Crippen LogP contribution is 2.27.